The van der Waals surface area contributed by atoms with Crippen molar-refractivity contribution in [2.24, 2.45) is 0 Å². The summed E-state index contributed by atoms with van der Waals surface area (Å²) in [6.07, 6.45) is 0. The van der Waals surface area contributed by atoms with Gasteiger partial charge in [-0.05, 0) is 0 Å². The molecule has 0 aliphatic heterocycles. The third kappa shape index (κ3) is 2.32. The first kappa shape index (κ1) is 7.03. The molecule has 0 heterocycles. The number of rotatable bonds is 2. The molecule has 0 bridgehead atoms. The van der Waals surface area contributed by atoms with Crippen LogP contribution in [0.3, 0.4) is 0 Å². The van der Waals surface area contributed by atoms with Gasteiger partial charge >= 0.3 is 67.4 Å². The second-order valence-corrected chi connectivity index (χ2v) is 4.30. The summed E-state index contributed by atoms with van der Waals surface area (Å²) in [5, 5.41) is 0. The number of nitrogens with one attached hydrogen (secondary N) is 1. The van der Waals surface area contributed by atoms with Gasteiger partial charge in [0.2, 0.25) is 0 Å². The van der Waals surface area contributed by atoms with Gasteiger partial charge in [0.15, 0.2) is 0 Å². The van der Waals surface area contributed by atoms with Gasteiger partial charge in [-0.3, -0.25) is 0 Å². The average Bonchev–Trinajstić information content (AvgIpc) is 1.91. The summed E-state index contributed by atoms with van der Waals surface area (Å²) in [4.78, 5) is 0. The molecule has 1 aromatic rings. The van der Waals surface area contributed by atoms with Crippen molar-refractivity contribution in [1.82, 2.24) is 0 Å². The van der Waals surface area contributed by atoms with E-state index in [1.165, 1.54) is 0 Å². The second kappa shape index (κ2) is 3.85. The predicted octanol–water partition coefficient (Wildman–Crippen LogP) is 1.00. The van der Waals surface area contributed by atoms with Crippen LogP contribution >= 0.6 is 0 Å². The van der Waals surface area contributed by atoms with Crippen LogP contribution in [0.2, 0.25) is 0 Å². The Morgan fingerprint density at radius 2 is 1.89 bits per heavy atom. The van der Waals surface area contributed by atoms with E-state index in [1.807, 2.05) is 30.3 Å². The zero-order valence-corrected chi connectivity index (χ0v) is 10.5. The Hall–Kier alpha value is -0.0849. The van der Waals surface area contributed by atoms with Crippen LogP contribution in [0.15, 0.2) is 30.3 Å². The maximum atomic E-state index is 8.63. The molecule has 0 amide bonds. The first-order chi connectivity index (χ1) is 4.43. The van der Waals surface area contributed by atoms with Gasteiger partial charge in [0.05, 0.1) is 0 Å². The molecule has 1 aromatic carbocycles. The van der Waals surface area contributed by atoms with Crippen LogP contribution in [0.4, 0.5) is 5.69 Å². The Bertz CT molecular complexity index is 166. The van der Waals surface area contributed by atoms with Gasteiger partial charge in [-0.15, -0.1) is 0 Å². The molecule has 3 heteroatoms. The number of para-hydroxylation sites is 1. The maximum absolute atomic E-state index is 8.63. The van der Waals surface area contributed by atoms with E-state index in [0.29, 0.717) is 0 Å². The Balaban J connectivity index is 2.61. The van der Waals surface area contributed by atoms with E-state index in [1.54, 1.807) is 0 Å². The Labute approximate surface area is 67.4 Å². The fraction of sp³-hybridized carbons (Fsp3) is 0. The van der Waals surface area contributed by atoms with Crippen molar-refractivity contribution in [3.05, 3.63) is 30.3 Å². The van der Waals surface area contributed by atoms with Crippen molar-refractivity contribution >= 4 is 5.69 Å². The number of hydrogen-bond donors (Lipinski definition) is 2. The third-order valence-corrected chi connectivity index (χ3v) is 3.26. The van der Waals surface area contributed by atoms with E-state index in [0.717, 1.165) is 5.69 Å². The van der Waals surface area contributed by atoms with Crippen molar-refractivity contribution < 1.29 is 28.3 Å². The van der Waals surface area contributed by atoms with Gasteiger partial charge in [0, 0.05) is 0 Å². The molecule has 0 saturated heterocycles. The summed E-state index contributed by atoms with van der Waals surface area (Å²) in [6.45, 7) is 0. The van der Waals surface area contributed by atoms with E-state index < -0.39 is 25.3 Å². The van der Waals surface area contributed by atoms with Crippen LogP contribution < -0.4 is 3.08 Å². The Kier molecular flexibility index (Phi) is 3.01. The van der Waals surface area contributed by atoms with Crippen molar-refractivity contribution in [1.29, 1.82) is 0 Å². The van der Waals surface area contributed by atoms with Crippen LogP contribution in [-0.4, -0.2) is 3.01 Å². The third-order valence-electron chi connectivity index (χ3n) is 1.06. The van der Waals surface area contributed by atoms with Crippen molar-refractivity contribution in [2.45, 2.75) is 0 Å². The Morgan fingerprint density at radius 3 is 2.44 bits per heavy atom. The van der Waals surface area contributed by atoms with Crippen LogP contribution in [0.25, 0.3) is 0 Å². The summed E-state index contributed by atoms with van der Waals surface area (Å²) in [7, 11) is 0. The normalized spacial score (nSPS) is 8.11. The van der Waals surface area contributed by atoms with Gasteiger partial charge in [-0.25, -0.2) is 0 Å². The molecule has 2 nitrogen and oxygen atoms in total. The van der Waals surface area contributed by atoms with Crippen LogP contribution in [0.5, 0.6) is 0 Å². The topological polar surface area (TPSA) is 32.3 Å². The molecule has 0 unspecified atom stereocenters. The summed E-state index contributed by atoms with van der Waals surface area (Å²) < 4.78 is 11.6. The van der Waals surface area contributed by atoms with E-state index in [-0.39, 0.29) is 0 Å². The van der Waals surface area contributed by atoms with E-state index in [2.05, 4.69) is 3.08 Å². The molecule has 1 rings (SSSR count). The van der Waals surface area contributed by atoms with Gasteiger partial charge < -0.3 is 0 Å². The molecule has 0 aromatic heterocycles. The minimum atomic E-state index is -1.65. The van der Waals surface area contributed by atoms with Crippen molar-refractivity contribution in [2.75, 3.05) is 3.08 Å². The van der Waals surface area contributed by atoms with E-state index in [9.17, 15) is 0 Å². The first-order valence-electron chi connectivity index (χ1n) is 2.83. The minimum absolute atomic E-state index is 1.04. The first-order valence-corrected chi connectivity index (χ1v) is 8.04. The zero-order valence-electron chi connectivity index (χ0n) is 5.04. The van der Waals surface area contributed by atoms with Gasteiger partial charge in [-0.2, -0.15) is 0 Å². The number of hydrogen-bond acceptors (Lipinski definition) is 2. The summed E-state index contributed by atoms with van der Waals surface area (Å²) in [5.41, 5.74) is 1.04. The quantitative estimate of drug-likeness (QED) is 0.799. The predicted molar refractivity (Wildman–Crippen MR) is 32.3 cm³/mol. The molecule has 0 aliphatic rings. The number of benzene rings is 1. The molecule has 0 radical (unpaired) electrons. The summed E-state index contributed by atoms with van der Waals surface area (Å²) >= 11 is -1.65. The molecule has 0 saturated carbocycles. The number of anilines is 1. The van der Waals surface area contributed by atoms with Gasteiger partial charge in [-0.1, -0.05) is 0 Å². The SMILES string of the molecule is [OH][Hg][NH]c1ccccc1. The van der Waals surface area contributed by atoms with E-state index in [4.69, 9.17) is 3.01 Å². The molecular weight excluding hydrogens is 303 g/mol. The molecule has 44 valence electrons. The van der Waals surface area contributed by atoms with Crippen molar-refractivity contribution in [3.63, 3.8) is 0 Å². The van der Waals surface area contributed by atoms with Crippen LogP contribution in [0, 0.1) is 0 Å². The van der Waals surface area contributed by atoms with Gasteiger partial charge in [0.1, 0.15) is 0 Å². The fourth-order valence-electron chi connectivity index (χ4n) is 0.647. The molecule has 0 aliphatic carbocycles. The molecule has 0 spiro atoms. The zero-order chi connectivity index (χ0) is 6.53. The monoisotopic (exact) mass is 311 g/mol. The fourth-order valence-corrected chi connectivity index (χ4v) is 2.27. The Morgan fingerprint density at radius 1 is 1.22 bits per heavy atom. The summed E-state index contributed by atoms with van der Waals surface area (Å²) in [5.74, 6) is 0. The van der Waals surface area contributed by atoms with Crippen LogP contribution in [-0.2, 0) is 25.3 Å². The molecule has 2 N–H and O–H groups in total. The standard InChI is InChI=1S/C6H6N.Hg.H2O/c7-6-4-2-1-3-5-6;;/h1-5,7H;;1H2/q-1;+2;/p-1. The molecular formula is C6H7HgNO. The van der Waals surface area contributed by atoms with E-state index >= 15 is 0 Å². The molecule has 9 heavy (non-hydrogen) atoms. The second-order valence-electron chi connectivity index (χ2n) is 1.70. The molecule has 0 atom stereocenters. The van der Waals surface area contributed by atoms with Crippen molar-refractivity contribution in [3.8, 4) is 0 Å². The van der Waals surface area contributed by atoms with Gasteiger partial charge in [0.25, 0.3) is 0 Å². The average molecular weight is 310 g/mol. The van der Waals surface area contributed by atoms with Crippen LogP contribution in [0.1, 0.15) is 0 Å². The summed E-state index contributed by atoms with van der Waals surface area (Å²) in [6, 6.07) is 9.77. The molecule has 0 fully saturated rings.